The van der Waals surface area contributed by atoms with Crippen LogP contribution in [0.15, 0.2) is 18.2 Å². The third kappa shape index (κ3) is 3.88. The van der Waals surface area contributed by atoms with Crippen molar-refractivity contribution in [2.45, 2.75) is 34.6 Å². The highest BCUT2D eigenvalue weighted by Crippen LogP contribution is 2.23. The van der Waals surface area contributed by atoms with Crippen LogP contribution in [0.25, 0.3) is 10.2 Å². The summed E-state index contributed by atoms with van der Waals surface area (Å²) in [5.41, 5.74) is 7.78. The normalized spacial score (nSPS) is 8.60. The number of benzene rings is 1. The average molecular weight is 224 g/mol. The number of fused-ring (bicyclic) bond motifs is 1. The van der Waals surface area contributed by atoms with Gasteiger partial charge in [-0.1, -0.05) is 45.1 Å². The molecular formula is C12H20N2S. The number of aromatic nitrogens is 1. The predicted octanol–water partition coefficient (Wildman–Crippen LogP) is 4.24. The quantitative estimate of drug-likeness (QED) is 0.727. The summed E-state index contributed by atoms with van der Waals surface area (Å²) in [6.07, 6.45) is 0. The van der Waals surface area contributed by atoms with Crippen LogP contribution in [0.2, 0.25) is 0 Å². The van der Waals surface area contributed by atoms with Crippen LogP contribution in [0.1, 0.15) is 33.3 Å². The molecule has 0 amide bonds. The van der Waals surface area contributed by atoms with E-state index in [4.69, 9.17) is 5.73 Å². The minimum Gasteiger partial charge on any atom is -0.375 e. The van der Waals surface area contributed by atoms with Crippen molar-refractivity contribution in [1.29, 1.82) is 0 Å². The van der Waals surface area contributed by atoms with E-state index in [1.165, 1.54) is 16.9 Å². The number of rotatable bonds is 0. The lowest BCUT2D eigenvalue weighted by Gasteiger charge is -1.88. The molecule has 0 fully saturated rings. The number of hydrogen-bond acceptors (Lipinski definition) is 3. The summed E-state index contributed by atoms with van der Waals surface area (Å²) in [6, 6.07) is 6.17. The van der Waals surface area contributed by atoms with Gasteiger partial charge in [0, 0.05) is 0 Å². The minimum absolute atomic E-state index is 0.644. The van der Waals surface area contributed by atoms with Crippen LogP contribution in [0, 0.1) is 6.92 Å². The van der Waals surface area contributed by atoms with E-state index in [1.807, 2.05) is 33.8 Å². The van der Waals surface area contributed by atoms with E-state index in [0.717, 1.165) is 10.2 Å². The SMILES string of the molecule is CC.CC.Cc1ccc2sc(N)nc2c1. The molecule has 0 unspecified atom stereocenters. The molecule has 2 N–H and O–H groups in total. The molecule has 15 heavy (non-hydrogen) atoms. The van der Waals surface area contributed by atoms with E-state index in [0.29, 0.717) is 5.13 Å². The van der Waals surface area contributed by atoms with Crippen molar-refractivity contribution in [2.24, 2.45) is 0 Å². The Labute approximate surface area is 96.1 Å². The van der Waals surface area contributed by atoms with E-state index >= 15 is 0 Å². The molecule has 1 heterocycles. The van der Waals surface area contributed by atoms with Crippen molar-refractivity contribution >= 4 is 26.7 Å². The first-order chi connectivity index (χ1) is 7.25. The van der Waals surface area contributed by atoms with Crippen LogP contribution in [0.3, 0.4) is 0 Å². The number of nitrogen functional groups attached to an aromatic ring is 1. The Morgan fingerprint density at radius 1 is 1.13 bits per heavy atom. The van der Waals surface area contributed by atoms with E-state index in [2.05, 4.69) is 24.0 Å². The molecular weight excluding hydrogens is 204 g/mol. The van der Waals surface area contributed by atoms with Crippen molar-refractivity contribution < 1.29 is 0 Å². The number of hydrogen-bond donors (Lipinski definition) is 1. The van der Waals surface area contributed by atoms with Gasteiger partial charge in [-0.05, 0) is 24.6 Å². The standard InChI is InChI=1S/C8H8N2S.2C2H6/c1-5-2-3-7-6(4-5)10-8(9)11-7;2*1-2/h2-4H,1H3,(H2,9,10);2*1-2H3. The molecule has 0 aliphatic rings. The summed E-state index contributed by atoms with van der Waals surface area (Å²) in [5, 5.41) is 0.644. The fourth-order valence-electron chi connectivity index (χ4n) is 1.06. The molecule has 0 radical (unpaired) electrons. The molecule has 2 nitrogen and oxygen atoms in total. The van der Waals surface area contributed by atoms with Crippen molar-refractivity contribution in [3.63, 3.8) is 0 Å². The molecule has 0 bridgehead atoms. The molecule has 1 aromatic heterocycles. The van der Waals surface area contributed by atoms with Gasteiger partial charge in [0.05, 0.1) is 10.2 Å². The second kappa shape index (κ2) is 7.23. The number of nitrogens with zero attached hydrogens (tertiary/aromatic N) is 1. The Morgan fingerprint density at radius 2 is 1.73 bits per heavy atom. The lowest BCUT2D eigenvalue weighted by Crippen LogP contribution is -1.79. The van der Waals surface area contributed by atoms with Gasteiger partial charge in [0.25, 0.3) is 0 Å². The van der Waals surface area contributed by atoms with Gasteiger partial charge < -0.3 is 5.73 Å². The number of thiazole rings is 1. The molecule has 2 aromatic rings. The summed E-state index contributed by atoms with van der Waals surface area (Å²) < 4.78 is 1.16. The maximum Gasteiger partial charge on any atom is 0.181 e. The average Bonchev–Trinajstić information content (AvgIpc) is 2.63. The van der Waals surface area contributed by atoms with Crippen LogP contribution in [-0.2, 0) is 0 Å². The zero-order chi connectivity index (χ0) is 11.8. The molecule has 2 rings (SSSR count). The van der Waals surface area contributed by atoms with Crippen LogP contribution >= 0.6 is 11.3 Å². The largest absolute Gasteiger partial charge is 0.375 e. The summed E-state index contributed by atoms with van der Waals surface area (Å²) >= 11 is 1.53. The lowest BCUT2D eigenvalue weighted by molar-refractivity contribution is 1.45. The third-order valence-electron chi connectivity index (χ3n) is 1.56. The van der Waals surface area contributed by atoms with Crippen molar-refractivity contribution in [3.8, 4) is 0 Å². The van der Waals surface area contributed by atoms with Crippen LogP contribution in [0.4, 0.5) is 5.13 Å². The van der Waals surface area contributed by atoms with Crippen molar-refractivity contribution in [2.75, 3.05) is 5.73 Å². The highest BCUT2D eigenvalue weighted by Gasteiger charge is 1.98. The van der Waals surface area contributed by atoms with Gasteiger partial charge >= 0.3 is 0 Å². The minimum atomic E-state index is 0.644. The van der Waals surface area contributed by atoms with Gasteiger partial charge in [-0.25, -0.2) is 4.98 Å². The van der Waals surface area contributed by atoms with Gasteiger partial charge in [-0.15, -0.1) is 0 Å². The van der Waals surface area contributed by atoms with Crippen LogP contribution < -0.4 is 5.73 Å². The number of nitrogens with two attached hydrogens (primary N) is 1. The Bertz CT molecular complexity index is 393. The van der Waals surface area contributed by atoms with E-state index in [9.17, 15) is 0 Å². The van der Waals surface area contributed by atoms with Gasteiger partial charge in [0.2, 0.25) is 0 Å². The topological polar surface area (TPSA) is 38.9 Å². The van der Waals surface area contributed by atoms with E-state index in [-0.39, 0.29) is 0 Å². The second-order valence-corrected chi connectivity index (χ2v) is 3.59. The first kappa shape index (κ1) is 13.9. The maximum absolute atomic E-state index is 5.55. The van der Waals surface area contributed by atoms with Gasteiger partial charge in [-0.2, -0.15) is 0 Å². The Hall–Kier alpha value is -1.09. The lowest BCUT2D eigenvalue weighted by atomic mass is 10.2. The summed E-state index contributed by atoms with van der Waals surface area (Å²) in [4.78, 5) is 4.17. The Kier molecular flexibility index (Phi) is 6.71. The fraction of sp³-hybridized carbons (Fsp3) is 0.417. The first-order valence-corrected chi connectivity index (χ1v) is 6.20. The molecule has 0 atom stereocenters. The molecule has 0 aliphatic carbocycles. The van der Waals surface area contributed by atoms with E-state index in [1.54, 1.807) is 0 Å². The van der Waals surface area contributed by atoms with E-state index < -0.39 is 0 Å². The van der Waals surface area contributed by atoms with Gasteiger partial charge in [-0.3, -0.25) is 0 Å². The van der Waals surface area contributed by atoms with Crippen LogP contribution in [-0.4, -0.2) is 4.98 Å². The number of aryl methyl sites for hydroxylation is 1. The zero-order valence-electron chi connectivity index (χ0n) is 10.2. The van der Waals surface area contributed by atoms with Gasteiger partial charge in [0.1, 0.15) is 0 Å². The van der Waals surface area contributed by atoms with Crippen LogP contribution in [0.5, 0.6) is 0 Å². The summed E-state index contributed by atoms with van der Waals surface area (Å²) in [6.45, 7) is 10.1. The third-order valence-corrected chi connectivity index (χ3v) is 2.43. The van der Waals surface area contributed by atoms with Crippen molar-refractivity contribution in [1.82, 2.24) is 4.98 Å². The molecule has 84 valence electrons. The highest BCUT2D eigenvalue weighted by molar-refractivity contribution is 7.22. The Balaban J connectivity index is 0.000000442. The van der Waals surface area contributed by atoms with Gasteiger partial charge in [0.15, 0.2) is 5.13 Å². The summed E-state index contributed by atoms with van der Waals surface area (Å²) in [7, 11) is 0. The molecule has 1 aromatic carbocycles. The zero-order valence-corrected chi connectivity index (χ0v) is 11.0. The monoisotopic (exact) mass is 224 g/mol. The highest BCUT2D eigenvalue weighted by atomic mass is 32.1. The molecule has 0 spiro atoms. The molecule has 0 saturated heterocycles. The Morgan fingerprint density at radius 3 is 2.33 bits per heavy atom. The van der Waals surface area contributed by atoms with Crippen molar-refractivity contribution in [3.05, 3.63) is 23.8 Å². The smallest absolute Gasteiger partial charge is 0.181 e. The molecule has 0 saturated carbocycles. The second-order valence-electron chi connectivity index (χ2n) is 2.52. The predicted molar refractivity (Wildman–Crippen MR) is 71.5 cm³/mol. The maximum atomic E-state index is 5.55. The summed E-state index contributed by atoms with van der Waals surface area (Å²) in [5.74, 6) is 0. The molecule has 3 heteroatoms. The first-order valence-electron chi connectivity index (χ1n) is 5.38. The molecule has 0 aliphatic heterocycles. The number of anilines is 1. The fourth-order valence-corrected chi connectivity index (χ4v) is 1.77.